The minimum absolute atomic E-state index is 0.0845. The highest BCUT2D eigenvalue weighted by Gasteiger charge is 2.12. The van der Waals surface area contributed by atoms with Gasteiger partial charge in [0.15, 0.2) is 11.7 Å². The Kier molecular flexibility index (Phi) is 5.32. The van der Waals surface area contributed by atoms with Crippen molar-refractivity contribution in [3.63, 3.8) is 0 Å². The summed E-state index contributed by atoms with van der Waals surface area (Å²) < 4.78 is 1.68. The predicted molar refractivity (Wildman–Crippen MR) is 129 cm³/mol. The molecule has 1 aliphatic heterocycles. The lowest BCUT2D eigenvalue weighted by Crippen LogP contribution is -2.16. The normalized spacial score (nSPS) is 13.2. The van der Waals surface area contributed by atoms with Gasteiger partial charge in [-0.05, 0) is 47.9 Å². The average molecular weight is 438 g/mol. The second-order valence-electron chi connectivity index (χ2n) is 7.82. The quantitative estimate of drug-likeness (QED) is 0.412. The van der Waals surface area contributed by atoms with Crippen molar-refractivity contribution in [2.75, 3.05) is 11.9 Å². The highest BCUT2D eigenvalue weighted by atomic mass is 16.3. The van der Waals surface area contributed by atoms with E-state index in [4.69, 9.17) is 0 Å². The van der Waals surface area contributed by atoms with Crippen molar-refractivity contribution >= 4 is 34.5 Å². The summed E-state index contributed by atoms with van der Waals surface area (Å²) in [4.78, 5) is 28.0. The number of nitrogens with zero attached hydrogens (tertiary/aromatic N) is 4. The smallest absolute Gasteiger partial charge is 0.291 e. The summed E-state index contributed by atoms with van der Waals surface area (Å²) in [5.41, 5.74) is 4.39. The summed E-state index contributed by atoms with van der Waals surface area (Å²) in [5.74, 6) is 0.843. The molecule has 0 radical (unpaired) electrons. The van der Waals surface area contributed by atoms with Crippen LogP contribution in [-0.4, -0.2) is 44.1 Å². The second kappa shape index (κ2) is 8.58. The molecule has 164 valence electrons. The molecular formula is C25H22N6O2. The minimum atomic E-state index is -0.249. The van der Waals surface area contributed by atoms with Crippen molar-refractivity contribution in [1.29, 1.82) is 0 Å². The van der Waals surface area contributed by atoms with Crippen LogP contribution in [0.4, 0.5) is 5.69 Å². The number of fused-ring (bicyclic) bond motifs is 1. The van der Waals surface area contributed by atoms with Gasteiger partial charge in [0.2, 0.25) is 0 Å². The molecule has 0 bridgehead atoms. The predicted octanol–water partition coefficient (Wildman–Crippen LogP) is 3.84. The lowest BCUT2D eigenvalue weighted by atomic mass is 10.0. The third-order valence-corrected chi connectivity index (χ3v) is 5.48. The summed E-state index contributed by atoms with van der Waals surface area (Å²) >= 11 is 0. The maximum atomic E-state index is 12.3. The van der Waals surface area contributed by atoms with Crippen LogP contribution in [0.2, 0.25) is 0 Å². The van der Waals surface area contributed by atoms with E-state index < -0.39 is 0 Å². The Bertz CT molecular complexity index is 1420. The molecule has 0 aliphatic carbocycles. The number of aliphatic imine (C=N–C) groups is 2. The lowest BCUT2D eigenvalue weighted by Gasteiger charge is -2.07. The second-order valence-corrected chi connectivity index (χ2v) is 7.82. The van der Waals surface area contributed by atoms with Crippen LogP contribution < -0.4 is 5.32 Å². The molecule has 4 aromatic rings. The van der Waals surface area contributed by atoms with Gasteiger partial charge in [0.05, 0.1) is 12.1 Å². The lowest BCUT2D eigenvalue weighted by molar-refractivity contribution is 0.101. The molecule has 8 nitrogen and oxygen atoms in total. The van der Waals surface area contributed by atoms with Crippen LogP contribution in [0.3, 0.4) is 0 Å². The van der Waals surface area contributed by atoms with E-state index in [1.807, 2.05) is 48.6 Å². The first-order valence-corrected chi connectivity index (χ1v) is 10.5. The first kappa shape index (κ1) is 20.4. The van der Waals surface area contributed by atoms with E-state index in [0.717, 1.165) is 22.0 Å². The number of hydrogen-bond donors (Lipinski definition) is 3. The third-order valence-electron chi connectivity index (χ3n) is 5.48. The highest BCUT2D eigenvalue weighted by molar-refractivity contribution is 6.08. The summed E-state index contributed by atoms with van der Waals surface area (Å²) in [5, 5.41) is 14.1. The zero-order chi connectivity index (χ0) is 22.8. The highest BCUT2D eigenvalue weighted by Crippen LogP contribution is 2.27. The number of imidazole rings is 1. The number of carbonyl (C=O) groups excluding carboxylic acids is 1. The van der Waals surface area contributed by atoms with Crippen LogP contribution in [0.5, 0.6) is 5.88 Å². The fourth-order valence-electron chi connectivity index (χ4n) is 3.77. The zero-order valence-corrected chi connectivity index (χ0v) is 18.0. The molecule has 0 atom stereocenters. The Morgan fingerprint density at radius 3 is 2.79 bits per heavy atom. The van der Waals surface area contributed by atoms with Gasteiger partial charge in [0, 0.05) is 42.2 Å². The van der Waals surface area contributed by atoms with E-state index in [1.165, 1.54) is 0 Å². The number of aromatic hydroxyl groups is 1. The number of anilines is 1. The van der Waals surface area contributed by atoms with Crippen LogP contribution >= 0.6 is 0 Å². The van der Waals surface area contributed by atoms with Crippen LogP contribution in [0.15, 0.2) is 77.0 Å². The standard InChI is InChI=1S/C25H22N6O2/c1-31-12-11-27-23(31)25(33)29-18-7-4-16(5-8-18)13-17-6-9-21-19(14-17)20(24(32)30-21)15-28-22-3-2-10-26-22/h2-9,11-12,14-15,30,32H,10,13H2,1H3,(H,29,33). The van der Waals surface area contributed by atoms with Crippen LogP contribution in [0.25, 0.3) is 10.9 Å². The van der Waals surface area contributed by atoms with Crippen molar-refractivity contribution in [1.82, 2.24) is 14.5 Å². The van der Waals surface area contributed by atoms with E-state index in [2.05, 4.69) is 31.3 Å². The molecule has 3 heterocycles. The SMILES string of the molecule is Cn1ccnc1C(=O)Nc1ccc(Cc2ccc3[nH]c(O)c(C=NC4=NCC=C4)c3c2)cc1. The van der Waals surface area contributed by atoms with E-state index in [-0.39, 0.29) is 11.8 Å². The molecule has 1 aliphatic rings. The number of aromatic amines is 1. The number of amides is 1. The number of rotatable bonds is 5. The molecule has 3 N–H and O–H groups in total. The van der Waals surface area contributed by atoms with Crippen LogP contribution in [0.1, 0.15) is 27.3 Å². The molecule has 0 spiro atoms. The van der Waals surface area contributed by atoms with Crippen molar-refractivity contribution < 1.29 is 9.90 Å². The number of benzene rings is 2. The first-order valence-electron chi connectivity index (χ1n) is 10.5. The van der Waals surface area contributed by atoms with Gasteiger partial charge in [0.25, 0.3) is 5.91 Å². The Morgan fingerprint density at radius 1 is 1.24 bits per heavy atom. The first-order chi connectivity index (χ1) is 16.1. The Balaban J connectivity index is 1.32. The number of carbonyl (C=O) groups is 1. The molecule has 0 fully saturated rings. The van der Waals surface area contributed by atoms with Gasteiger partial charge in [-0.3, -0.25) is 9.79 Å². The monoisotopic (exact) mass is 438 g/mol. The van der Waals surface area contributed by atoms with Gasteiger partial charge in [-0.2, -0.15) is 0 Å². The maximum Gasteiger partial charge on any atom is 0.291 e. The van der Waals surface area contributed by atoms with Crippen LogP contribution in [-0.2, 0) is 13.5 Å². The summed E-state index contributed by atoms with van der Waals surface area (Å²) in [6.07, 6.45) is 9.48. The third kappa shape index (κ3) is 4.31. The Labute approximate surface area is 190 Å². The van der Waals surface area contributed by atoms with Crippen molar-refractivity contribution in [3.8, 4) is 5.88 Å². The number of aryl methyl sites for hydroxylation is 1. The largest absolute Gasteiger partial charge is 0.494 e. The summed E-state index contributed by atoms with van der Waals surface area (Å²) in [6, 6.07) is 13.8. The van der Waals surface area contributed by atoms with Gasteiger partial charge in [-0.15, -0.1) is 0 Å². The van der Waals surface area contributed by atoms with E-state index >= 15 is 0 Å². The molecule has 0 saturated heterocycles. The molecule has 1 amide bonds. The van der Waals surface area contributed by atoms with E-state index in [0.29, 0.717) is 35.9 Å². The van der Waals surface area contributed by atoms with Gasteiger partial charge in [0.1, 0.15) is 5.84 Å². The summed E-state index contributed by atoms with van der Waals surface area (Å²) in [7, 11) is 1.78. The topological polar surface area (TPSA) is 108 Å². The van der Waals surface area contributed by atoms with Crippen molar-refractivity contribution in [2.45, 2.75) is 6.42 Å². The fourth-order valence-corrected chi connectivity index (χ4v) is 3.77. The van der Waals surface area contributed by atoms with Gasteiger partial charge < -0.3 is 20.0 Å². The van der Waals surface area contributed by atoms with Crippen LogP contribution in [0, 0.1) is 0 Å². The number of H-pyrrole nitrogens is 1. The maximum absolute atomic E-state index is 12.3. The molecule has 0 saturated carbocycles. The molecule has 33 heavy (non-hydrogen) atoms. The Hall–Kier alpha value is -4.46. The minimum Gasteiger partial charge on any atom is -0.494 e. The molecule has 2 aromatic heterocycles. The van der Waals surface area contributed by atoms with E-state index in [1.54, 1.807) is 30.2 Å². The molecule has 5 rings (SSSR count). The van der Waals surface area contributed by atoms with Gasteiger partial charge in [-0.25, -0.2) is 9.98 Å². The molecule has 2 aromatic carbocycles. The number of nitrogens with one attached hydrogen (secondary N) is 2. The number of hydrogen-bond acceptors (Lipinski definition) is 5. The zero-order valence-electron chi connectivity index (χ0n) is 18.0. The van der Waals surface area contributed by atoms with Crippen molar-refractivity contribution in [2.24, 2.45) is 17.0 Å². The average Bonchev–Trinajstić information content (AvgIpc) is 3.54. The number of aromatic nitrogens is 3. The molecule has 0 unspecified atom stereocenters. The van der Waals surface area contributed by atoms with Gasteiger partial charge in [-0.1, -0.05) is 24.3 Å². The molecule has 8 heteroatoms. The molecular weight excluding hydrogens is 416 g/mol. The van der Waals surface area contributed by atoms with Gasteiger partial charge >= 0.3 is 0 Å². The summed E-state index contributed by atoms with van der Waals surface area (Å²) in [6.45, 7) is 0.641. The Morgan fingerprint density at radius 2 is 2.06 bits per heavy atom. The van der Waals surface area contributed by atoms with E-state index in [9.17, 15) is 9.90 Å². The number of amidine groups is 1. The van der Waals surface area contributed by atoms with Crippen molar-refractivity contribution in [3.05, 3.63) is 89.5 Å². The fraction of sp³-hybridized carbons (Fsp3) is 0.120.